The Morgan fingerprint density at radius 1 is 1.44 bits per heavy atom. The zero-order valence-electron chi connectivity index (χ0n) is 9.48. The van der Waals surface area contributed by atoms with Crippen molar-refractivity contribution in [1.29, 1.82) is 0 Å². The van der Waals surface area contributed by atoms with Gasteiger partial charge in [0.2, 0.25) is 0 Å². The second-order valence-electron chi connectivity index (χ2n) is 3.62. The van der Waals surface area contributed by atoms with Crippen molar-refractivity contribution < 1.29 is 9.53 Å². The first-order valence-electron chi connectivity index (χ1n) is 5.33. The van der Waals surface area contributed by atoms with Gasteiger partial charge in [-0.2, -0.15) is 0 Å². The lowest BCUT2D eigenvalue weighted by Gasteiger charge is -2.14. The van der Waals surface area contributed by atoms with Gasteiger partial charge in [-0.15, -0.1) is 0 Å². The van der Waals surface area contributed by atoms with Crippen molar-refractivity contribution >= 4 is 5.97 Å². The number of rotatable bonds is 5. The van der Waals surface area contributed by atoms with Crippen molar-refractivity contribution in [1.82, 2.24) is 0 Å². The van der Waals surface area contributed by atoms with Gasteiger partial charge in [0.25, 0.3) is 0 Å². The molecule has 0 unspecified atom stereocenters. The first-order valence-corrected chi connectivity index (χ1v) is 5.33. The van der Waals surface area contributed by atoms with E-state index in [4.69, 9.17) is 16.2 Å². The number of hydrogen-bond acceptors (Lipinski definition) is 4. The third-order valence-electron chi connectivity index (χ3n) is 2.48. The van der Waals surface area contributed by atoms with Crippen LogP contribution in [0.1, 0.15) is 34.8 Å². The molecule has 0 aromatic heterocycles. The van der Waals surface area contributed by atoms with Crippen LogP contribution in [0.3, 0.4) is 0 Å². The molecule has 1 aromatic carbocycles. The van der Waals surface area contributed by atoms with Crippen molar-refractivity contribution in [2.45, 2.75) is 18.9 Å². The van der Waals surface area contributed by atoms with Crippen molar-refractivity contribution in [2.75, 3.05) is 13.7 Å². The minimum Gasteiger partial charge on any atom is -0.465 e. The molecule has 4 heteroatoms. The summed E-state index contributed by atoms with van der Waals surface area (Å²) in [6.07, 6.45) is 1.61. The molecule has 88 valence electrons. The van der Waals surface area contributed by atoms with E-state index in [0.717, 1.165) is 18.4 Å². The standard InChI is InChI=1S/C12H18N2O2/c1-16-12(15)10-6-3-2-5-9(10)11(14)7-4-8-13/h2-3,5-6,11H,4,7-8,13-14H2,1H3/t11-/m1/s1. The Kier molecular flexibility index (Phi) is 4.95. The maximum absolute atomic E-state index is 11.5. The average molecular weight is 222 g/mol. The molecule has 0 radical (unpaired) electrons. The molecule has 1 aromatic rings. The minimum atomic E-state index is -0.348. The Labute approximate surface area is 95.6 Å². The molecule has 0 bridgehead atoms. The molecular weight excluding hydrogens is 204 g/mol. The van der Waals surface area contributed by atoms with Crippen molar-refractivity contribution in [3.05, 3.63) is 35.4 Å². The van der Waals surface area contributed by atoms with Gasteiger partial charge in [0.05, 0.1) is 12.7 Å². The number of benzene rings is 1. The molecule has 0 saturated heterocycles. The van der Waals surface area contributed by atoms with Gasteiger partial charge >= 0.3 is 5.97 Å². The van der Waals surface area contributed by atoms with Crippen LogP contribution in [0.2, 0.25) is 0 Å². The van der Waals surface area contributed by atoms with Gasteiger partial charge in [0.15, 0.2) is 0 Å². The summed E-state index contributed by atoms with van der Waals surface area (Å²) >= 11 is 0. The number of carbonyl (C=O) groups excluding carboxylic acids is 1. The van der Waals surface area contributed by atoms with E-state index in [1.54, 1.807) is 12.1 Å². The highest BCUT2D eigenvalue weighted by Crippen LogP contribution is 2.20. The van der Waals surface area contributed by atoms with Crippen molar-refractivity contribution in [3.63, 3.8) is 0 Å². The van der Waals surface area contributed by atoms with Gasteiger partial charge in [-0.05, 0) is 31.0 Å². The second-order valence-corrected chi connectivity index (χ2v) is 3.62. The average Bonchev–Trinajstić information content (AvgIpc) is 2.35. The fraction of sp³-hybridized carbons (Fsp3) is 0.417. The van der Waals surface area contributed by atoms with Crippen LogP contribution in [0.15, 0.2) is 24.3 Å². The third kappa shape index (κ3) is 3.05. The van der Waals surface area contributed by atoms with Crippen LogP contribution < -0.4 is 11.5 Å². The van der Waals surface area contributed by atoms with Gasteiger partial charge in [-0.3, -0.25) is 0 Å². The zero-order valence-corrected chi connectivity index (χ0v) is 9.48. The predicted octanol–water partition coefficient (Wildman–Crippen LogP) is 1.21. The van der Waals surface area contributed by atoms with Gasteiger partial charge in [0.1, 0.15) is 0 Å². The number of carbonyl (C=O) groups is 1. The molecule has 0 aliphatic carbocycles. The molecule has 0 saturated carbocycles. The smallest absolute Gasteiger partial charge is 0.338 e. The molecule has 4 nitrogen and oxygen atoms in total. The summed E-state index contributed by atoms with van der Waals surface area (Å²) in [6, 6.07) is 7.07. The molecule has 1 rings (SSSR count). The molecule has 16 heavy (non-hydrogen) atoms. The summed E-state index contributed by atoms with van der Waals surface area (Å²) in [5.74, 6) is -0.348. The molecule has 4 N–H and O–H groups in total. The lowest BCUT2D eigenvalue weighted by Crippen LogP contribution is -2.17. The summed E-state index contributed by atoms with van der Waals surface area (Å²) in [6.45, 7) is 0.605. The van der Waals surface area contributed by atoms with Crippen LogP contribution in [-0.4, -0.2) is 19.6 Å². The predicted molar refractivity (Wildman–Crippen MR) is 63.0 cm³/mol. The Hall–Kier alpha value is -1.39. The number of esters is 1. The summed E-state index contributed by atoms with van der Waals surface area (Å²) in [4.78, 5) is 11.5. The molecule has 0 aliphatic heterocycles. The van der Waals surface area contributed by atoms with Crippen LogP contribution in [0.25, 0.3) is 0 Å². The van der Waals surface area contributed by atoms with Crippen molar-refractivity contribution in [3.8, 4) is 0 Å². The first-order chi connectivity index (χ1) is 7.70. The quantitative estimate of drug-likeness (QED) is 0.734. The zero-order chi connectivity index (χ0) is 12.0. The highest BCUT2D eigenvalue weighted by atomic mass is 16.5. The van der Waals surface area contributed by atoms with Gasteiger partial charge < -0.3 is 16.2 Å². The summed E-state index contributed by atoms with van der Waals surface area (Å²) < 4.78 is 4.71. The van der Waals surface area contributed by atoms with Crippen LogP contribution in [0.5, 0.6) is 0 Å². The summed E-state index contributed by atoms with van der Waals surface area (Å²) in [5, 5.41) is 0. The number of hydrogen-bond donors (Lipinski definition) is 2. The Bertz CT molecular complexity index is 353. The van der Waals surface area contributed by atoms with Crippen molar-refractivity contribution in [2.24, 2.45) is 11.5 Å². The monoisotopic (exact) mass is 222 g/mol. The van der Waals surface area contributed by atoms with E-state index in [0.29, 0.717) is 12.1 Å². The number of nitrogens with two attached hydrogens (primary N) is 2. The van der Waals surface area contributed by atoms with E-state index >= 15 is 0 Å². The van der Waals surface area contributed by atoms with Crippen LogP contribution in [0.4, 0.5) is 0 Å². The maximum Gasteiger partial charge on any atom is 0.338 e. The molecule has 0 fully saturated rings. The first kappa shape index (κ1) is 12.7. The van der Waals surface area contributed by atoms with E-state index < -0.39 is 0 Å². The van der Waals surface area contributed by atoms with Gasteiger partial charge in [-0.25, -0.2) is 4.79 Å². The molecule has 0 heterocycles. The highest BCUT2D eigenvalue weighted by Gasteiger charge is 2.15. The van der Waals surface area contributed by atoms with E-state index in [1.807, 2.05) is 12.1 Å². The second kappa shape index (κ2) is 6.25. The topological polar surface area (TPSA) is 78.3 Å². The minimum absolute atomic E-state index is 0.168. The van der Waals surface area contributed by atoms with Gasteiger partial charge in [0, 0.05) is 6.04 Å². The molecule has 1 atom stereocenters. The van der Waals surface area contributed by atoms with E-state index in [-0.39, 0.29) is 12.0 Å². The van der Waals surface area contributed by atoms with E-state index in [9.17, 15) is 4.79 Å². The summed E-state index contributed by atoms with van der Waals surface area (Å²) in [7, 11) is 1.37. The Balaban J connectivity index is 2.89. The fourth-order valence-electron chi connectivity index (χ4n) is 1.61. The lowest BCUT2D eigenvalue weighted by atomic mass is 9.97. The van der Waals surface area contributed by atoms with Gasteiger partial charge in [-0.1, -0.05) is 18.2 Å². The number of methoxy groups -OCH3 is 1. The Morgan fingerprint density at radius 2 is 2.12 bits per heavy atom. The third-order valence-corrected chi connectivity index (χ3v) is 2.48. The molecular formula is C12H18N2O2. The van der Waals surface area contributed by atoms with Crippen LogP contribution in [-0.2, 0) is 4.74 Å². The SMILES string of the molecule is COC(=O)c1ccccc1[C@H](N)CCCN. The summed E-state index contributed by atoms with van der Waals surface area (Å²) in [5.41, 5.74) is 12.8. The lowest BCUT2D eigenvalue weighted by molar-refractivity contribution is 0.0599. The van der Waals surface area contributed by atoms with Crippen LogP contribution in [0, 0.1) is 0 Å². The highest BCUT2D eigenvalue weighted by molar-refractivity contribution is 5.91. The normalized spacial score (nSPS) is 12.2. The van der Waals surface area contributed by atoms with E-state index in [2.05, 4.69) is 0 Å². The molecule has 0 aliphatic rings. The Morgan fingerprint density at radius 3 is 2.75 bits per heavy atom. The largest absolute Gasteiger partial charge is 0.465 e. The number of ether oxygens (including phenoxy) is 1. The van der Waals surface area contributed by atoms with Crippen LogP contribution >= 0.6 is 0 Å². The molecule has 0 spiro atoms. The van der Waals surface area contributed by atoms with E-state index in [1.165, 1.54) is 7.11 Å². The maximum atomic E-state index is 11.5. The molecule has 0 amide bonds. The fourth-order valence-corrected chi connectivity index (χ4v) is 1.61.